The number of halogens is 3. The van der Waals surface area contributed by atoms with Gasteiger partial charge in [0, 0.05) is 42.5 Å². The van der Waals surface area contributed by atoms with Crippen LogP contribution in [0.1, 0.15) is 56.0 Å². The molecule has 5 nitrogen and oxygen atoms in total. The summed E-state index contributed by atoms with van der Waals surface area (Å²) in [6.07, 6.45) is 2.60. The van der Waals surface area contributed by atoms with Gasteiger partial charge < -0.3 is 14.7 Å². The highest BCUT2D eigenvalue weighted by Gasteiger charge is 2.39. The van der Waals surface area contributed by atoms with Gasteiger partial charge in [0.2, 0.25) is 0 Å². The predicted molar refractivity (Wildman–Crippen MR) is 134 cm³/mol. The van der Waals surface area contributed by atoms with Crippen molar-refractivity contribution in [1.82, 2.24) is 4.90 Å². The molecule has 0 radical (unpaired) electrons. The Kier molecular flexibility index (Phi) is 7.48. The van der Waals surface area contributed by atoms with Crippen molar-refractivity contribution in [3.8, 4) is 0 Å². The van der Waals surface area contributed by atoms with Crippen LogP contribution in [0.25, 0.3) is 6.08 Å². The van der Waals surface area contributed by atoms with Gasteiger partial charge in [-0.3, -0.25) is 4.90 Å². The Hall–Kier alpha value is -2.84. The molecule has 194 valence electrons. The molecule has 8 heteroatoms. The first kappa shape index (κ1) is 26.2. The standard InChI is InChI=1S/C28H33F3N2O3/c1-17-11-20-14-21(32-9-10-36-15-18(32)2)6-7-22(20)27(33(17)16-28(3,4)31)26-23(29)12-19(13-24(26)30)5-8-25(34)35/h5-8,12-14,17-18,27H,9-11,15-16H2,1-4H3,(H,34,35)/b8-5+. The largest absolute Gasteiger partial charge is 0.478 e. The van der Waals surface area contributed by atoms with Crippen molar-refractivity contribution < 1.29 is 27.8 Å². The van der Waals surface area contributed by atoms with Crippen LogP contribution in [0.3, 0.4) is 0 Å². The molecule has 2 aromatic carbocycles. The van der Waals surface area contributed by atoms with Gasteiger partial charge in [-0.25, -0.2) is 18.0 Å². The third kappa shape index (κ3) is 5.60. The molecule has 2 aromatic rings. The highest BCUT2D eigenvalue weighted by Crippen LogP contribution is 2.42. The van der Waals surface area contributed by atoms with Crippen molar-refractivity contribution >= 4 is 17.7 Å². The Labute approximate surface area is 210 Å². The second kappa shape index (κ2) is 10.3. The van der Waals surface area contributed by atoms with Crippen molar-refractivity contribution in [3.63, 3.8) is 0 Å². The summed E-state index contributed by atoms with van der Waals surface area (Å²) < 4.78 is 51.5. The normalized spacial score (nSPS) is 23.2. The van der Waals surface area contributed by atoms with Crippen molar-refractivity contribution in [2.24, 2.45) is 0 Å². The van der Waals surface area contributed by atoms with Gasteiger partial charge in [0.05, 0.1) is 19.3 Å². The highest BCUT2D eigenvalue weighted by atomic mass is 19.1. The first-order valence-corrected chi connectivity index (χ1v) is 12.3. The van der Waals surface area contributed by atoms with Gasteiger partial charge in [0.25, 0.3) is 0 Å². The summed E-state index contributed by atoms with van der Waals surface area (Å²) in [6, 6.07) is 7.41. The number of morpholine rings is 1. The van der Waals surface area contributed by atoms with E-state index in [1.165, 1.54) is 13.8 Å². The number of alkyl halides is 1. The Morgan fingerprint density at radius 2 is 1.86 bits per heavy atom. The lowest BCUT2D eigenvalue weighted by Gasteiger charge is -2.45. The summed E-state index contributed by atoms with van der Waals surface area (Å²) in [5, 5.41) is 8.86. The number of benzene rings is 2. The van der Waals surface area contributed by atoms with Gasteiger partial charge in [-0.15, -0.1) is 0 Å². The molecule has 0 bridgehead atoms. The van der Waals surface area contributed by atoms with Gasteiger partial charge in [-0.2, -0.15) is 0 Å². The zero-order valence-electron chi connectivity index (χ0n) is 21.1. The maximum Gasteiger partial charge on any atom is 0.328 e. The number of aliphatic carboxylic acids is 1. The van der Waals surface area contributed by atoms with E-state index in [1.807, 2.05) is 24.0 Å². The summed E-state index contributed by atoms with van der Waals surface area (Å²) >= 11 is 0. The van der Waals surface area contributed by atoms with Crippen LogP contribution in [-0.2, 0) is 16.0 Å². The average molecular weight is 503 g/mol. The monoisotopic (exact) mass is 502 g/mol. The van der Waals surface area contributed by atoms with Crippen molar-refractivity contribution in [2.45, 2.75) is 57.9 Å². The minimum Gasteiger partial charge on any atom is -0.478 e. The van der Waals surface area contributed by atoms with Crippen LogP contribution in [0.15, 0.2) is 36.4 Å². The lowest BCUT2D eigenvalue weighted by molar-refractivity contribution is -0.131. The molecule has 2 aliphatic rings. The average Bonchev–Trinajstić information content (AvgIpc) is 2.78. The Morgan fingerprint density at radius 3 is 2.47 bits per heavy atom. The predicted octanol–water partition coefficient (Wildman–Crippen LogP) is 5.37. The van der Waals surface area contributed by atoms with E-state index in [0.29, 0.717) is 19.6 Å². The van der Waals surface area contributed by atoms with Crippen molar-refractivity contribution in [1.29, 1.82) is 0 Å². The number of hydrogen-bond donors (Lipinski definition) is 1. The zero-order chi connectivity index (χ0) is 26.2. The first-order valence-electron chi connectivity index (χ1n) is 12.3. The molecule has 1 fully saturated rings. The van der Waals surface area contributed by atoms with E-state index >= 15 is 8.78 Å². The molecular formula is C28H33F3N2O3. The molecule has 0 aliphatic carbocycles. The minimum absolute atomic E-state index is 0.0000705. The second-order valence-corrected chi connectivity index (χ2v) is 10.4. The Bertz CT molecular complexity index is 1140. The molecule has 2 heterocycles. The fraction of sp³-hybridized carbons (Fsp3) is 0.464. The SMILES string of the molecule is CC1COCCN1c1ccc2c(c1)CC(C)N(CC(C)(C)F)C2c1c(F)cc(/C=C/C(=O)O)cc1F. The van der Waals surface area contributed by atoms with Gasteiger partial charge in [-0.1, -0.05) is 6.07 Å². The zero-order valence-corrected chi connectivity index (χ0v) is 21.1. The molecule has 36 heavy (non-hydrogen) atoms. The minimum atomic E-state index is -1.58. The lowest BCUT2D eigenvalue weighted by atomic mass is 9.83. The molecule has 0 saturated carbocycles. The number of carboxylic acids is 1. The Morgan fingerprint density at radius 1 is 1.17 bits per heavy atom. The molecule has 4 rings (SSSR count). The van der Waals surface area contributed by atoms with E-state index in [4.69, 9.17) is 9.84 Å². The van der Waals surface area contributed by atoms with Gasteiger partial charge in [0.15, 0.2) is 0 Å². The number of rotatable bonds is 6. The van der Waals surface area contributed by atoms with Crippen LogP contribution in [-0.4, -0.2) is 60.0 Å². The smallest absolute Gasteiger partial charge is 0.328 e. The van der Waals surface area contributed by atoms with E-state index in [9.17, 15) is 9.18 Å². The van der Waals surface area contributed by atoms with Crippen LogP contribution < -0.4 is 4.90 Å². The fourth-order valence-corrected chi connectivity index (χ4v) is 5.33. The highest BCUT2D eigenvalue weighted by molar-refractivity contribution is 5.85. The van der Waals surface area contributed by atoms with Crippen LogP contribution in [0, 0.1) is 11.6 Å². The molecule has 3 unspecified atom stereocenters. The quantitative estimate of drug-likeness (QED) is 0.538. The number of nitrogens with zero attached hydrogens (tertiary/aromatic N) is 2. The lowest BCUT2D eigenvalue weighted by Crippen LogP contribution is -2.48. The van der Waals surface area contributed by atoms with E-state index < -0.39 is 29.3 Å². The van der Waals surface area contributed by atoms with Crippen LogP contribution in [0.4, 0.5) is 18.9 Å². The summed E-state index contributed by atoms with van der Waals surface area (Å²) in [5.41, 5.74) is 1.12. The number of carbonyl (C=O) groups is 1. The molecule has 1 saturated heterocycles. The van der Waals surface area contributed by atoms with Crippen molar-refractivity contribution in [2.75, 3.05) is 31.2 Å². The summed E-state index contributed by atoms with van der Waals surface area (Å²) in [7, 11) is 0. The molecule has 0 spiro atoms. The fourth-order valence-electron chi connectivity index (χ4n) is 5.33. The van der Waals surface area contributed by atoms with Crippen molar-refractivity contribution in [3.05, 3.63) is 70.3 Å². The summed E-state index contributed by atoms with van der Waals surface area (Å²) in [5.74, 6) is -2.80. The molecule has 1 N–H and O–H groups in total. The Balaban J connectivity index is 1.82. The molecular weight excluding hydrogens is 469 g/mol. The number of anilines is 1. The summed E-state index contributed by atoms with van der Waals surface area (Å²) in [4.78, 5) is 14.9. The maximum absolute atomic E-state index is 15.5. The maximum atomic E-state index is 15.5. The van der Waals surface area contributed by atoms with Crippen LogP contribution in [0.5, 0.6) is 0 Å². The number of ether oxygens (including phenoxy) is 1. The third-order valence-corrected chi connectivity index (χ3v) is 6.89. The van der Waals surface area contributed by atoms with Gasteiger partial charge in [0.1, 0.15) is 17.3 Å². The number of carboxylic acid groups (broad SMARTS) is 1. The molecule has 0 aromatic heterocycles. The topological polar surface area (TPSA) is 53.0 Å². The van der Waals surface area contributed by atoms with Gasteiger partial charge >= 0.3 is 5.97 Å². The molecule has 0 amide bonds. The second-order valence-electron chi connectivity index (χ2n) is 10.4. The van der Waals surface area contributed by atoms with Crippen LogP contribution >= 0.6 is 0 Å². The summed E-state index contributed by atoms with van der Waals surface area (Å²) in [6.45, 7) is 9.00. The van der Waals surface area contributed by atoms with Crippen LogP contribution in [0.2, 0.25) is 0 Å². The van der Waals surface area contributed by atoms with E-state index in [0.717, 1.165) is 47.6 Å². The number of fused-ring (bicyclic) bond motifs is 1. The third-order valence-electron chi connectivity index (χ3n) is 6.89. The van der Waals surface area contributed by atoms with E-state index in [-0.39, 0.29) is 29.8 Å². The van der Waals surface area contributed by atoms with E-state index in [2.05, 4.69) is 17.9 Å². The number of hydrogen-bond acceptors (Lipinski definition) is 4. The molecule has 2 aliphatic heterocycles. The van der Waals surface area contributed by atoms with Gasteiger partial charge in [-0.05, 0) is 81.1 Å². The van der Waals surface area contributed by atoms with E-state index in [1.54, 1.807) is 0 Å². The molecule has 3 atom stereocenters. The first-order chi connectivity index (χ1) is 16.9.